The fraction of sp³-hybridized carbons (Fsp3) is 0.333. The molecule has 1 aromatic carbocycles. The summed E-state index contributed by atoms with van der Waals surface area (Å²) in [5.41, 5.74) is 0. The number of benzene rings is 1. The summed E-state index contributed by atoms with van der Waals surface area (Å²) in [6.45, 7) is 2.05. The van der Waals surface area contributed by atoms with Crippen molar-refractivity contribution in [2.24, 2.45) is 0 Å². The van der Waals surface area contributed by atoms with E-state index in [1.807, 2.05) is 24.3 Å². The van der Waals surface area contributed by atoms with E-state index in [4.69, 9.17) is 16.3 Å². The maximum atomic E-state index is 5.71. The summed E-state index contributed by atoms with van der Waals surface area (Å²) in [7, 11) is 0. The summed E-state index contributed by atoms with van der Waals surface area (Å²) < 4.78 is 5.48. The van der Waals surface area contributed by atoms with E-state index in [1.54, 1.807) is 0 Å². The van der Waals surface area contributed by atoms with Crippen LogP contribution in [0.25, 0.3) is 0 Å². The van der Waals surface area contributed by atoms with Crippen LogP contribution >= 0.6 is 27.5 Å². The van der Waals surface area contributed by atoms with Crippen LogP contribution in [0, 0.1) is 0 Å². The summed E-state index contributed by atoms with van der Waals surface area (Å²) in [6, 6.07) is 7.33. The van der Waals surface area contributed by atoms with Gasteiger partial charge in [0.1, 0.15) is 5.75 Å². The van der Waals surface area contributed by atoms with Crippen molar-refractivity contribution in [1.82, 2.24) is 0 Å². The molecule has 1 atom stereocenters. The number of ether oxygens (including phenoxy) is 1. The fourth-order valence-electron chi connectivity index (χ4n) is 0.744. The number of hydrogen-bond acceptors (Lipinski definition) is 1. The molecule has 0 spiro atoms. The summed E-state index contributed by atoms with van der Waals surface area (Å²) in [5, 5.41) is 0.809. The van der Waals surface area contributed by atoms with E-state index in [2.05, 4.69) is 22.9 Å². The van der Waals surface area contributed by atoms with Crippen LogP contribution in [-0.4, -0.2) is 5.01 Å². The summed E-state index contributed by atoms with van der Waals surface area (Å²) in [6.07, 6.45) is 0.933. The average molecular weight is 250 g/mol. The maximum Gasteiger partial charge on any atom is 0.153 e. The molecule has 1 nitrogen and oxygen atoms in total. The van der Waals surface area contributed by atoms with Crippen LogP contribution in [0.3, 0.4) is 0 Å². The van der Waals surface area contributed by atoms with E-state index in [0.717, 1.165) is 17.2 Å². The van der Waals surface area contributed by atoms with Crippen molar-refractivity contribution in [1.29, 1.82) is 0 Å². The van der Waals surface area contributed by atoms with Gasteiger partial charge in [0, 0.05) is 5.02 Å². The lowest BCUT2D eigenvalue weighted by Gasteiger charge is -2.10. The minimum atomic E-state index is 0.0821. The molecule has 0 radical (unpaired) electrons. The van der Waals surface area contributed by atoms with Crippen molar-refractivity contribution in [3.63, 3.8) is 0 Å². The zero-order chi connectivity index (χ0) is 8.97. The number of alkyl halides is 1. The zero-order valence-corrected chi connectivity index (χ0v) is 9.10. The van der Waals surface area contributed by atoms with Crippen LogP contribution in [0.4, 0.5) is 0 Å². The Morgan fingerprint density at radius 1 is 1.42 bits per heavy atom. The van der Waals surface area contributed by atoms with Crippen LogP contribution in [0.2, 0.25) is 5.02 Å². The zero-order valence-electron chi connectivity index (χ0n) is 6.76. The Bertz CT molecular complexity index is 235. The van der Waals surface area contributed by atoms with Crippen molar-refractivity contribution in [2.75, 3.05) is 0 Å². The van der Waals surface area contributed by atoms with Crippen molar-refractivity contribution >= 4 is 27.5 Å². The van der Waals surface area contributed by atoms with E-state index in [-0.39, 0.29) is 5.01 Å². The third-order valence-corrected chi connectivity index (χ3v) is 2.48. The molecule has 0 saturated heterocycles. The van der Waals surface area contributed by atoms with Crippen LogP contribution in [-0.2, 0) is 0 Å². The number of hydrogen-bond donors (Lipinski definition) is 0. The second-order valence-electron chi connectivity index (χ2n) is 2.39. The maximum absolute atomic E-state index is 5.71. The molecule has 0 aliphatic carbocycles. The topological polar surface area (TPSA) is 9.23 Å². The molecule has 3 heteroatoms. The van der Waals surface area contributed by atoms with Crippen molar-refractivity contribution < 1.29 is 4.74 Å². The molecular weight excluding hydrogens is 239 g/mol. The third kappa shape index (κ3) is 3.03. The van der Waals surface area contributed by atoms with Gasteiger partial charge in [-0.3, -0.25) is 0 Å². The Balaban J connectivity index is 2.58. The van der Waals surface area contributed by atoms with Gasteiger partial charge in [-0.2, -0.15) is 0 Å². The lowest BCUT2D eigenvalue weighted by Crippen LogP contribution is -2.05. The van der Waals surface area contributed by atoms with Crippen LogP contribution in [0.5, 0.6) is 5.75 Å². The highest BCUT2D eigenvalue weighted by molar-refractivity contribution is 9.09. The SMILES string of the molecule is CCC(Br)Oc1ccc(Cl)cc1. The smallest absolute Gasteiger partial charge is 0.153 e. The number of rotatable bonds is 3. The van der Waals surface area contributed by atoms with E-state index in [1.165, 1.54) is 0 Å². The summed E-state index contributed by atoms with van der Waals surface area (Å²) in [4.78, 5) is 0. The normalized spacial score (nSPS) is 12.6. The monoisotopic (exact) mass is 248 g/mol. The second kappa shape index (κ2) is 4.73. The lowest BCUT2D eigenvalue weighted by molar-refractivity contribution is 0.290. The third-order valence-electron chi connectivity index (χ3n) is 1.40. The second-order valence-corrected chi connectivity index (χ2v) is 3.85. The molecule has 0 fully saturated rings. The molecule has 0 heterocycles. The quantitative estimate of drug-likeness (QED) is 0.740. The molecule has 0 aromatic heterocycles. The molecule has 0 bridgehead atoms. The predicted octanol–water partition coefficient (Wildman–Crippen LogP) is 3.85. The molecule has 0 amide bonds. The summed E-state index contributed by atoms with van der Waals surface area (Å²) in [5.74, 6) is 0.836. The molecule has 1 rings (SSSR count). The Labute approximate surface area is 85.8 Å². The first-order valence-electron chi connectivity index (χ1n) is 3.78. The van der Waals surface area contributed by atoms with Crippen LogP contribution in [0.15, 0.2) is 24.3 Å². The van der Waals surface area contributed by atoms with Gasteiger partial charge in [0.05, 0.1) is 0 Å². The Morgan fingerprint density at radius 3 is 2.50 bits per heavy atom. The molecule has 0 N–H and O–H groups in total. The van der Waals surface area contributed by atoms with Gasteiger partial charge in [-0.1, -0.05) is 18.5 Å². The van der Waals surface area contributed by atoms with Gasteiger partial charge < -0.3 is 4.74 Å². The fourth-order valence-corrected chi connectivity index (χ4v) is 1.09. The first kappa shape index (κ1) is 9.87. The predicted molar refractivity (Wildman–Crippen MR) is 55.1 cm³/mol. The van der Waals surface area contributed by atoms with E-state index in [9.17, 15) is 0 Å². The van der Waals surface area contributed by atoms with Gasteiger partial charge in [0.15, 0.2) is 5.01 Å². The molecule has 0 aliphatic heterocycles. The van der Waals surface area contributed by atoms with E-state index >= 15 is 0 Å². The van der Waals surface area contributed by atoms with Gasteiger partial charge in [-0.15, -0.1) is 0 Å². The highest BCUT2D eigenvalue weighted by Gasteiger charge is 2.01. The molecule has 0 saturated carbocycles. The highest BCUT2D eigenvalue weighted by atomic mass is 79.9. The van der Waals surface area contributed by atoms with Crippen molar-refractivity contribution in [3.05, 3.63) is 29.3 Å². The molecule has 0 aliphatic rings. The van der Waals surface area contributed by atoms with E-state index in [0.29, 0.717) is 0 Å². The molecule has 66 valence electrons. The summed E-state index contributed by atoms with van der Waals surface area (Å²) >= 11 is 9.09. The molecule has 1 unspecified atom stereocenters. The Morgan fingerprint density at radius 2 is 2.00 bits per heavy atom. The van der Waals surface area contributed by atoms with Gasteiger partial charge in [-0.25, -0.2) is 0 Å². The molecule has 1 aromatic rings. The lowest BCUT2D eigenvalue weighted by atomic mass is 10.3. The standard InChI is InChI=1S/C9H10BrClO/c1-2-9(10)12-8-5-3-7(11)4-6-8/h3-6,9H,2H2,1H3. The first-order chi connectivity index (χ1) is 5.72. The molecular formula is C9H10BrClO. The van der Waals surface area contributed by atoms with Gasteiger partial charge in [-0.05, 0) is 46.6 Å². The average Bonchev–Trinajstić information content (AvgIpc) is 2.09. The minimum absolute atomic E-state index is 0.0821. The van der Waals surface area contributed by atoms with Gasteiger partial charge >= 0.3 is 0 Å². The van der Waals surface area contributed by atoms with E-state index < -0.39 is 0 Å². The largest absolute Gasteiger partial charge is 0.479 e. The van der Waals surface area contributed by atoms with Crippen molar-refractivity contribution in [2.45, 2.75) is 18.4 Å². The highest BCUT2D eigenvalue weighted by Crippen LogP contribution is 2.19. The van der Waals surface area contributed by atoms with Gasteiger partial charge in [0.25, 0.3) is 0 Å². The first-order valence-corrected chi connectivity index (χ1v) is 5.08. The number of halogens is 2. The van der Waals surface area contributed by atoms with Crippen LogP contribution in [0.1, 0.15) is 13.3 Å². The van der Waals surface area contributed by atoms with Crippen molar-refractivity contribution in [3.8, 4) is 5.75 Å². The minimum Gasteiger partial charge on any atom is -0.479 e. The van der Waals surface area contributed by atoms with Gasteiger partial charge in [0.2, 0.25) is 0 Å². The van der Waals surface area contributed by atoms with Crippen LogP contribution < -0.4 is 4.74 Å². The Kier molecular flexibility index (Phi) is 3.89. The molecule has 12 heavy (non-hydrogen) atoms. The Hall–Kier alpha value is -0.210.